The van der Waals surface area contributed by atoms with Crippen LogP contribution in [0, 0.1) is 11.6 Å². The maximum Gasteiger partial charge on any atom is 0.417 e. The first-order valence-corrected chi connectivity index (χ1v) is 5.87. The Labute approximate surface area is 115 Å². The van der Waals surface area contributed by atoms with Crippen LogP contribution in [-0.2, 0) is 6.18 Å². The van der Waals surface area contributed by atoms with E-state index in [0.717, 1.165) is 0 Å². The third kappa shape index (κ3) is 2.35. The molecule has 1 heterocycles. The Kier molecular flexibility index (Phi) is 2.93. The Morgan fingerprint density at radius 2 is 1.62 bits per heavy atom. The number of imidazole rings is 1. The second-order valence-corrected chi connectivity index (χ2v) is 4.41. The van der Waals surface area contributed by atoms with E-state index in [9.17, 15) is 22.0 Å². The van der Waals surface area contributed by atoms with Crippen LogP contribution in [-0.4, -0.2) is 9.97 Å². The van der Waals surface area contributed by atoms with Gasteiger partial charge in [0.2, 0.25) is 0 Å². The largest absolute Gasteiger partial charge is 0.417 e. The van der Waals surface area contributed by atoms with Crippen LogP contribution in [0.4, 0.5) is 22.0 Å². The van der Waals surface area contributed by atoms with Gasteiger partial charge < -0.3 is 4.98 Å². The van der Waals surface area contributed by atoms with Crippen LogP contribution in [0.5, 0.6) is 0 Å². The number of nitrogens with one attached hydrogen (secondary N) is 1. The van der Waals surface area contributed by atoms with Gasteiger partial charge in [0.15, 0.2) is 11.6 Å². The number of rotatable bonds is 1. The number of hydrogen-bond acceptors (Lipinski definition) is 1. The molecule has 0 radical (unpaired) electrons. The van der Waals surface area contributed by atoms with Gasteiger partial charge in [-0.25, -0.2) is 13.8 Å². The number of fused-ring (bicyclic) bond motifs is 1. The summed E-state index contributed by atoms with van der Waals surface area (Å²) in [5.74, 6) is -3.08. The average Bonchev–Trinajstić information content (AvgIpc) is 2.83. The lowest BCUT2D eigenvalue weighted by molar-refractivity contribution is -0.137. The molecule has 21 heavy (non-hydrogen) atoms. The van der Waals surface area contributed by atoms with Gasteiger partial charge in [0.1, 0.15) is 5.82 Å². The van der Waals surface area contributed by atoms with Gasteiger partial charge in [0, 0.05) is 5.56 Å². The molecule has 0 aliphatic carbocycles. The van der Waals surface area contributed by atoms with Crippen LogP contribution in [0.2, 0.25) is 0 Å². The van der Waals surface area contributed by atoms with Crippen LogP contribution in [0.25, 0.3) is 22.4 Å². The molecule has 1 N–H and O–H groups in total. The molecule has 0 unspecified atom stereocenters. The van der Waals surface area contributed by atoms with E-state index in [-0.39, 0.29) is 11.9 Å². The van der Waals surface area contributed by atoms with Crippen molar-refractivity contribution in [1.82, 2.24) is 9.97 Å². The predicted molar refractivity (Wildman–Crippen MR) is 66.4 cm³/mol. The Balaban J connectivity index is 2.27. The molecule has 3 rings (SSSR count). The first-order chi connectivity index (χ1) is 9.86. The van der Waals surface area contributed by atoms with Crippen molar-refractivity contribution >= 4 is 11.0 Å². The molecule has 1 aromatic heterocycles. The number of hydrogen-bond donors (Lipinski definition) is 1. The van der Waals surface area contributed by atoms with Gasteiger partial charge in [-0.1, -0.05) is 12.1 Å². The van der Waals surface area contributed by atoms with Crippen LogP contribution < -0.4 is 0 Å². The van der Waals surface area contributed by atoms with Crippen molar-refractivity contribution in [3.63, 3.8) is 0 Å². The third-order valence-electron chi connectivity index (χ3n) is 3.01. The molecule has 108 valence electrons. The summed E-state index contributed by atoms with van der Waals surface area (Å²) in [4.78, 5) is 6.65. The fourth-order valence-corrected chi connectivity index (χ4v) is 2.06. The van der Waals surface area contributed by atoms with Gasteiger partial charge in [-0.05, 0) is 24.3 Å². The highest BCUT2D eigenvalue weighted by Gasteiger charge is 2.35. The van der Waals surface area contributed by atoms with Crippen LogP contribution in [0.1, 0.15) is 5.56 Å². The van der Waals surface area contributed by atoms with E-state index in [1.54, 1.807) is 24.3 Å². The lowest BCUT2D eigenvalue weighted by atomic mass is 10.1. The summed E-state index contributed by atoms with van der Waals surface area (Å²) in [6, 6.07) is 7.21. The van der Waals surface area contributed by atoms with Gasteiger partial charge in [-0.15, -0.1) is 0 Å². The Morgan fingerprint density at radius 1 is 0.952 bits per heavy atom. The van der Waals surface area contributed by atoms with Gasteiger partial charge in [0.25, 0.3) is 0 Å². The van der Waals surface area contributed by atoms with E-state index in [1.807, 2.05) is 0 Å². The quantitative estimate of drug-likeness (QED) is 0.657. The minimum absolute atomic E-state index is 0.137. The van der Waals surface area contributed by atoms with E-state index >= 15 is 0 Å². The highest BCUT2D eigenvalue weighted by molar-refractivity contribution is 5.80. The van der Waals surface area contributed by atoms with Gasteiger partial charge in [-0.3, -0.25) is 0 Å². The van der Waals surface area contributed by atoms with Gasteiger partial charge >= 0.3 is 6.18 Å². The maximum atomic E-state index is 13.3. The summed E-state index contributed by atoms with van der Waals surface area (Å²) in [5, 5.41) is 0. The molecule has 0 saturated carbocycles. The lowest BCUT2D eigenvalue weighted by Crippen LogP contribution is -2.09. The molecule has 0 spiro atoms. The summed E-state index contributed by atoms with van der Waals surface area (Å²) in [6.45, 7) is 0. The van der Waals surface area contributed by atoms with Gasteiger partial charge in [-0.2, -0.15) is 13.2 Å². The van der Waals surface area contributed by atoms with Gasteiger partial charge in [0.05, 0.1) is 16.6 Å². The predicted octanol–water partition coefficient (Wildman–Crippen LogP) is 4.53. The fourth-order valence-electron chi connectivity index (χ4n) is 2.06. The molecule has 0 fully saturated rings. The van der Waals surface area contributed by atoms with E-state index in [4.69, 9.17) is 0 Å². The zero-order valence-corrected chi connectivity index (χ0v) is 10.3. The first-order valence-electron chi connectivity index (χ1n) is 5.87. The zero-order valence-electron chi connectivity index (χ0n) is 10.3. The van der Waals surface area contributed by atoms with Crippen molar-refractivity contribution < 1.29 is 22.0 Å². The van der Waals surface area contributed by atoms with E-state index in [2.05, 4.69) is 9.97 Å². The minimum Gasteiger partial charge on any atom is -0.338 e. The van der Waals surface area contributed by atoms with Crippen LogP contribution in [0.3, 0.4) is 0 Å². The second-order valence-electron chi connectivity index (χ2n) is 4.41. The summed E-state index contributed by atoms with van der Waals surface area (Å²) in [6.07, 6.45) is -4.82. The van der Waals surface area contributed by atoms with E-state index < -0.39 is 28.9 Å². The smallest absolute Gasteiger partial charge is 0.338 e. The second kappa shape index (κ2) is 4.54. The highest BCUT2D eigenvalue weighted by atomic mass is 19.4. The SMILES string of the molecule is Fc1cc(-c2nc3ccccc3[nH]2)c(C(F)(F)F)cc1F. The van der Waals surface area contributed by atoms with Crippen molar-refractivity contribution in [3.05, 3.63) is 53.6 Å². The summed E-state index contributed by atoms with van der Waals surface area (Å²) in [5.41, 5.74) is -0.867. The summed E-state index contributed by atoms with van der Waals surface area (Å²) in [7, 11) is 0. The van der Waals surface area contributed by atoms with E-state index in [1.165, 1.54) is 0 Å². The minimum atomic E-state index is -4.82. The molecule has 0 atom stereocenters. The van der Waals surface area contributed by atoms with Crippen LogP contribution >= 0.6 is 0 Å². The Morgan fingerprint density at radius 3 is 2.29 bits per heavy atom. The Bertz CT molecular complexity index is 787. The van der Waals surface area contributed by atoms with Crippen molar-refractivity contribution in [2.24, 2.45) is 0 Å². The normalized spacial score (nSPS) is 12.0. The molecule has 0 aliphatic heterocycles. The standard InChI is InChI=1S/C14H7F5N2/c15-9-5-7(8(6-10(9)16)14(17,18)19)13-20-11-3-1-2-4-12(11)21-13/h1-6H,(H,20,21). The Hall–Kier alpha value is -2.44. The third-order valence-corrected chi connectivity index (χ3v) is 3.01. The monoisotopic (exact) mass is 298 g/mol. The molecule has 2 nitrogen and oxygen atoms in total. The first kappa shape index (κ1) is 13.5. The number of alkyl halides is 3. The molecular weight excluding hydrogens is 291 g/mol. The number of para-hydroxylation sites is 2. The molecular formula is C14H7F5N2. The highest BCUT2D eigenvalue weighted by Crippen LogP contribution is 2.37. The van der Waals surface area contributed by atoms with E-state index in [0.29, 0.717) is 17.1 Å². The molecule has 0 bridgehead atoms. The van der Waals surface area contributed by atoms with Crippen molar-refractivity contribution in [1.29, 1.82) is 0 Å². The van der Waals surface area contributed by atoms with Crippen molar-refractivity contribution in [3.8, 4) is 11.4 Å². The van der Waals surface area contributed by atoms with Crippen molar-refractivity contribution in [2.75, 3.05) is 0 Å². The summed E-state index contributed by atoms with van der Waals surface area (Å²) >= 11 is 0. The molecule has 0 amide bonds. The number of H-pyrrole nitrogens is 1. The topological polar surface area (TPSA) is 28.7 Å². The number of halogens is 5. The van der Waals surface area contributed by atoms with Crippen LogP contribution in [0.15, 0.2) is 36.4 Å². The maximum absolute atomic E-state index is 13.3. The number of aromatic amines is 1. The molecule has 0 saturated heterocycles. The molecule has 2 aromatic carbocycles. The number of nitrogens with zero attached hydrogens (tertiary/aromatic N) is 1. The molecule has 0 aliphatic rings. The number of aromatic nitrogens is 2. The molecule has 7 heteroatoms. The molecule has 3 aromatic rings. The number of benzene rings is 2. The zero-order chi connectivity index (χ0) is 15.2. The lowest BCUT2D eigenvalue weighted by Gasteiger charge is -2.11. The van der Waals surface area contributed by atoms with Crippen molar-refractivity contribution in [2.45, 2.75) is 6.18 Å². The average molecular weight is 298 g/mol. The fraction of sp³-hybridized carbons (Fsp3) is 0.0714. The summed E-state index contributed by atoms with van der Waals surface area (Å²) < 4.78 is 65.3.